The van der Waals surface area contributed by atoms with E-state index in [2.05, 4.69) is 5.32 Å². The third kappa shape index (κ3) is 2.54. The van der Waals surface area contributed by atoms with E-state index in [-0.39, 0.29) is 5.91 Å². The molecule has 0 aliphatic rings. The zero-order valence-electron chi connectivity index (χ0n) is 11.1. The van der Waals surface area contributed by atoms with Crippen LogP contribution in [-0.4, -0.2) is 42.6 Å². The number of nitrogens with one attached hydrogen (secondary N) is 1. The molecule has 1 amide bonds. The summed E-state index contributed by atoms with van der Waals surface area (Å²) >= 11 is 0. The van der Waals surface area contributed by atoms with Crippen LogP contribution in [0.2, 0.25) is 0 Å². The Balaban J connectivity index is 2.20. The van der Waals surface area contributed by atoms with Crippen LogP contribution in [0.25, 0.3) is 10.9 Å². The maximum absolute atomic E-state index is 12.1. The first-order chi connectivity index (χ1) is 8.59. The van der Waals surface area contributed by atoms with Gasteiger partial charge in [0.1, 0.15) is 0 Å². The van der Waals surface area contributed by atoms with Gasteiger partial charge in [-0.2, -0.15) is 0 Å². The minimum absolute atomic E-state index is 0.00995. The summed E-state index contributed by atoms with van der Waals surface area (Å²) in [5, 5.41) is 4.04. The highest BCUT2D eigenvalue weighted by molar-refractivity contribution is 6.05. The van der Waals surface area contributed by atoms with E-state index in [0.29, 0.717) is 6.54 Å². The molecule has 0 bridgehead atoms. The van der Waals surface area contributed by atoms with Gasteiger partial charge in [-0.25, -0.2) is 0 Å². The molecule has 0 unspecified atom stereocenters. The zero-order chi connectivity index (χ0) is 13.1. The molecule has 2 rings (SSSR count). The van der Waals surface area contributed by atoms with Gasteiger partial charge in [-0.1, -0.05) is 12.1 Å². The zero-order valence-corrected chi connectivity index (χ0v) is 11.1. The summed E-state index contributed by atoms with van der Waals surface area (Å²) < 4.78 is 1.98. The van der Waals surface area contributed by atoms with Crippen LogP contribution in [-0.2, 0) is 7.05 Å². The molecule has 1 aromatic heterocycles. The molecule has 0 saturated heterocycles. The number of benzene rings is 1. The summed E-state index contributed by atoms with van der Waals surface area (Å²) in [5.74, 6) is -0.00995. The number of carbonyl (C=O) groups is 1. The maximum Gasteiger partial charge on any atom is 0.253 e. The molecule has 0 aliphatic heterocycles. The number of hydrogen-bond acceptors (Lipinski definition) is 2. The van der Waals surface area contributed by atoms with Crippen molar-refractivity contribution in [3.63, 3.8) is 0 Å². The molecule has 0 fully saturated rings. The molecule has 1 aromatic carbocycles. The standard InChI is InChI=1S/C14H19N3O/c1-16(2)10-8-15-14(18)12-6-4-5-11-7-9-17(3)13(11)12/h4-7,9H,8,10H2,1-3H3,(H,15,18). The van der Waals surface area contributed by atoms with Crippen molar-refractivity contribution >= 4 is 16.8 Å². The van der Waals surface area contributed by atoms with Crippen molar-refractivity contribution in [2.24, 2.45) is 7.05 Å². The summed E-state index contributed by atoms with van der Waals surface area (Å²) in [6, 6.07) is 7.83. The molecule has 4 nitrogen and oxygen atoms in total. The van der Waals surface area contributed by atoms with E-state index in [0.717, 1.165) is 23.0 Å². The first kappa shape index (κ1) is 12.6. The van der Waals surface area contributed by atoms with Crippen LogP contribution in [0.4, 0.5) is 0 Å². The highest BCUT2D eigenvalue weighted by Crippen LogP contribution is 2.19. The lowest BCUT2D eigenvalue weighted by molar-refractivity contribution is 0.0952. The van der Waals surface area contributed by atoms with Crippen molar-refractivity contribution in [1.82, 2.24) is 14.8 Å². The summed E-state index contributed by atoms with van der Waals surface area (Å²) in [7, 11) is 5.94. The lowest BCUT2D eigenvalue weighted by atomic mass is 10.1. The Morgan fingerprint density at radius 1 is 1.33 bits per heavy atom. The third-order valence-electron chi connectivity index (χ3n) is 2.99. The Morgan fingerprint density at radius 3 is 2.83 bits per heavy atom. The highest BCUT2D eigenvalue weighted by atomic mass is 16.1. The van der Waals surface area contributed by atoms with Crippen LogP contribution in [0.5, 0.6) is 0 Å². The number of amides is 1. The van der Waals surface area contributed by atoms with E-state index in [1.165, 1.54) is 0 Å². The number of hydrogen-bond donors (Lipinski definition) is 1. The first-order valence-corrected chi connectivity index (χ1v) is 6.06. The average molecular weight is 245 g/mol. The van der Waals surface area contributed by atoms with Crippen molar-refractivity contribution in [2.45, 2.75) is 0 Å². The van der Waals surface area contributed by atoms with Crippen LogP contribution in [0, 0.1) is 0 Å². The molecular formula is C14H19N3O. The van der Waals surface area contributed by atoms with E-state index < -0.39 is 0 Å². The minimum Gasteiger partial charge on any atom is -0.351 e. The van der Waals surface area contributed by atoms with Gasteiger partial charge in [0, 0.05) is 31.7 Å². The number of rotatable bonds is 4. The molecule has 0 saturated carbocycles. The molecule has 0 aliphatic carbocycles. The number of fused-ring (bicyclic) bond motifs is 1. The third-order valence-corrected chi connectivity index (χ3v) is 2.99. The second-order valence-corrected chi connectivity index (χ2v) is 4.73. The number of aromatic nitrogens is 1. The number of aryl methyl sites for hydroxylation is 1. The maximum atomic E-state index is 12.1. The molecule has 2 aromatic rings. The summed E-state index contributed by atoms with van der Waals surface area (Å²) in [6.45, 7) is 1.50. The predicted molar refractivity (Wildman–Crippen MR) is 73.8 cm³/mol. The quantitative estimate of drug-likeness (QED) is 0.885. The Hall–Kier alpha value is -1.81. The number of nitrogens with zero attached hydrogens (tertiary/aromatic N) is 2. The second kappa shape index (κ2) is 5.23. The topological polar surface area (TPSA) is 37.3 Å². The molecule has 4 heteroatoms. The largest absolute Gasteiger partial charge is 0.351 e. The van der Waals surface area contributed by atoms with E-state index in [1.54, 1.807) is 0 Å². The fourth-order valence-corrected chi connectivity index (χ4v) is 2.03. The normalized spacial score (nSPS) is 11.1. The van der Waals surface area contributed by atoms with E-state index in [9.17, 15) is 4.79 Å². The second-order valence-electron chi connectivity index (χ2n) is 4.73. The monoisotopic (exact) mass is 245 g/mol. The van der Waals surface area contributed by atoms with Crippen LogP contribution in [0.15, 0.2) is 30.5 Å². The van der Waals surface area contributed by atoms with Gasteiger partial charge in [-0.05, 0) is 26.2 Å². The molecule has 0 radical (unpaired) electrons. The SMILES string of the molecule is CN(C)CCNC(=O)c1cccc2ccn(C)c12. The Bertz CT molecular complexity index is 557. The molecule has 18 heavy (non-hydrogen) atoms. The Labute approximate surface area is 107 Å². The van der Waals surface area contributed by atoms with Crippen LogP contribution in [0.3, 0.4) is 0 Å². The molecule has 0 spiro atoms. The van der Waals surface area contributed by atoms with Gasteiger partial charge in [0.05, 0.1) is 11.1 Å². The van der Waals surface area contributed by atoms with Crippen molar-refractivity contribution in [2.75, 3.05) is 27.2 Å². The van der Waals surface area contributed by atoms with E-state index in [1.807, 2.05) is 61.1 Å². The van der Waals surface area contributed by atoms with Crippen molar-refractivity contribution in [3.8, 4) is 0 Å². The van der Waals surface area contributed by atoms with Crippen molar-refractivity contribution in [1.29, 1.82) is 0 Å². The van der Waals surface area contributed by atoms with Gasteiger partial charge in [0.25, 0.3) is 5.91 Å². The van der Waals surface area contributed by atoms with Crippen LogP contribution < -0.4 is 5.32 Å². The molecule has 1 N–H and O–H groups in total. The van der Waals surface area contributed by atoms with Gasteiger partial charge in [-0.3, -0.25) is 4.79 Å². The first-order valence-electron chi connectivity index (χ1n) is 6.06. The summed E-state index contributed by atoms with van der Waals surface area (Å²) in [6.07, 6.45) is 1.97. The highest BCUT2D eigenvalue weighted by Gasteiger charge is 2.11. The number of likely N-dealkylation sites (N-methyl/N-ethyl adjacent to an activating group) is 1. The van der Waals surface area contributed by atoms with Gasteiger partial charge >= 0.3 is 0 Å². The smallest absolute Gasteiger partial charge is 0.253 e. The lowest BCUT2D eigenvalue weighted by Crippen LogP contribution is -2.31. The van der Waals surface area contributed by atoms with E-state index in [4.69, 9.17) is 0 Å². The number of para-hydroxylation sites is 1. The average Bonchev–Trinajstić information content (AvgIpc) is 2.71. The van der Waals surface area contributed by atoms with Gasteiger partial charge in [0.15, 0.2) is 0 Å². The fourth-order valence-electron chi connectivity index (χ4n) is 2.03. The fraction of sp³-hybridized carbons (Fsp3) is 0.357. The van der Waals surface area contributed by atoms with Crippen molar-refractivity contribution in [3.05, 3.63) is 36.0 Å². The molecule has 1 heterocycles. The van der Waals surface area contributed by atoms with Gasteiger partial charge in [-0.15, -0.1) is 0 Å². The lowest BCUT2D eigenvalue weighted by Gasteiger charge is -2.11. The van der Waals surface area contributed by atoms with Crippen molar-refractivity contribution < 1.29 is 4.79 Å². The van der Waals surface area contributed by atoms with Gasteiger partial charge in [0.2, 0.25) is 0 Å². The molecule has 0 atom stereocenters. The van der Waals surface area contributed by atoms with Crippen LogP contribution >= 0.6 is 0 Å². The predicted octanol–water partition coefficient (Wildman–Crippen LogP) is 1.47. The summed E-state index contributed by atoms with van der Waals surface area (Å²) in [4.78, 5) is 14.2. The number of carbonyl (C=O) groups excluding carboxylic acids is 1. The van der Waals surface area contributed by atoms with Crippen LogP contribution in [0.1, 0.15) is 10.4 Å². The molecule has 96 valence electrons. The minimum atomic E-state index is -0.00995. The van der Waals surface area contributed by atoms with E-state index >= 15 is 0 Å². The van der Waals surface area contributed by atoms with Gasteiger partial charge < -0.3 is 14.8 Å². The summed E-state index contributed by atoms with van der Waals surface area (Å²) in [5.41, 5.74) is 1.72. The Kier molecular flexibility index (Phi) is 3.67. The Morgan fingerprint density at radius 2 is 2.11 bits per heavy atom. The molecular weight excluding hydrogens is 226 g/mol.